The first-order valence-corrected chi connectivity index (χ1v) is 14.4. The van der Waals surface area contributed by atoms with Crippen LogP contribution in [-0.2, 0) is 20.8 Å². The van der Waals surface area contributed by atoms with E-state index in [1.807, 2.05) is 0 Å². The normalized spacial score (nSPS) is 10.7. The molecule has 0 atom stereocenters. The van der Waals surface area contributed by atoms with Gasteiger partial charge in [-0.05, 0) is 32.3 Å². The van der Waals surface area contributed by atoms with Crippen molar-refractivity contribution in [2.45, 2.75) is 40.5 Å². The summed E-state index contributed by atoms with van der Waals surface area (Å²) in [6.45, 7) is 11.1. The molecule has 0 bridgehead atoms. The van der Waals surface area contributed by atoms with Crippen molar-refractivity contribution in [2.75, 3.05) is 0 Å². The van der Waals surface area contributed by atoms with Crippen LogP contribution in [0.1, 0.15) is 42.0 Å². The van der Waals surface area contributed by atoms with E-state index in [0.29, 0.717) is 5.92 Å². The molecule has 0 unspecified atom stereocenters. The summed E-state index contributed by atoms with van der Waals surface area (Å²) in [5, 5.41) is 2.75. The van der Waals surface area contributed by atoms with Crippen molar-refractivity contribution in [2.24, 2.45) is 0 Å². The Morgan fingerprint density at radius 1 is 0.917 bits per heavy atom. The predicted molar refractivity (Wildman–Crippen MR) is 105 cm³/mol. The van der Waals surface area contributed by atoms with Gasteiger partial charge in [-0.3, -0.25) is 0 Å². The summed E-state index contributed by atoms with van der Waals surface area (Å²) >= 11 is -0.826. The quantitative estimate of drug-likeness (QED) is 0.361. The fourth-order valence-electron chi connectivity index (χ4n) is 3.25. The molecule has 126 valence electrons. The summed E-state index contributed by atoms with van der Waals surface area (Å²) in [6.07, 6.45) is 0. The van der Waals surface area contributed by atoms with E-state index in [0.717, 1.165) is 0 Å². The molecule has 3 heteroatoms. The molecule has 24 heavy (non-hydrogen) atoms. The molecular weight excluding hydrogens is 414 g/mol. The summed E-state index contributed by atoms with van der Waals surface area (Å²) in [7, 11) is 9.87. The molecule has 0 heterocycles. The van der Waals surface area contributed by atoms with Crippen LogP contribution in [0.5, 0.6) is 0 Å². The molecule has 0 spiro atoms. The topological polar surface area (TPSA) is 0 Å². The summed E-state index contributed by atoms with van der Waals surface area (Å²) in [6, 6.07) is 16.1. The fraction of sp³-hybridized carbons (Fsp3) is 0.286. The van der Waals surface area contributed by atoms with Crippen LogP contribution in [0.15, 0.2) is 42.5 Å². The Morgan fingerprint density at radius 2 is 1.50 bits per heavy atom. The predicted octanol–water partition coefficient (Wildman–Crippen LogP) is 7.65. The van der Waals surface area contributed by atoms with Gasteiger partial charge in [0.15, 0.2) is 0 Å². The fourth-order valence-corrected chi connectivity index (χ4v) is 3.25. The molecule has 0 fully saturated rings. The third kappa shape index (κ3) is 4.57. The number of hydrogen-bond acceptors (Lipinski definition) is 0. The Bertz CT molecular complexity index is 811. The molecule has 3 aromatic rings. The van der Waals surface area contributed by atoms with Crippen LogP contribution in [0.4, 0.5) is 0 Å². The Balaban J connectivity index is 0.000000647. The Hall–Kier alpha value is -0.487. The van der Waals surface area contributed by atoms with Crippen molar-refractivity contribution in [1.82, 2.24) is 0 Å². The third-order valence-corrected chi connectivity index (χ3v) is 4.30. The van der Waals surface area contributed by atoms with E-state index in [1.165, 1.54) is 44.2 Å². The van der Waals surface area contributed by atoms with Crippen LogP contribution in [-0.4, -0.2) is 0 Å². The molecule has 0 aliphatic carbocycles. The van der Waals surface area contributed by atoms with Gasteiger partial charge < -0.3 is 0 Å². The molecule has 0 N–H and O–H groups in total. The molecular formula is C21H23Cl2Zr-. The second-order valence-corrected chi connectivity index (χ2v) is 10.4. The van der Waals surface area contributed by atoms with Gasteiger partial charge >= 0.3 is 37.9 Å². The molecule has 3 rings (SSSR count). The van der Waals surface area contributed by atoms with Crippen molar-refractivity contribution in [1.29, 1.82) is 0 Å². The number of benzene rings is 2. The van der Waals surface area contributed by atoms with Crippen LogP contribution in [0, 0.1) is 20.8 Å². The first-order valence-electron chi connectivity index (χ1n) is 8.12. The van der Waals surface area contributed by atoms with Gasteiger partial charge in [-0.25, -0.2) is 0 Å². The minimum absolute atomic E-state index is 0.574. The summed E-state index contributed by atoms with van der Waals surface area (Å²) < 4.78 is 0. The average Bonchev–Trinajstić information content (AvgIpc) is 2.91. The first kappa shape index (κ1) is 19.8. The van der Waals surface area contributed by atoms with E-state index in [4.69, 9.17) is 17.0 Å². The van der Waals surface area contributed by atoms with Gasteiger partial charge in [0.1, 0.15) is 0 Å². The van der Waals surface area contributed by atoms with Gasteiger partial charge in [0.2, 0.25) is 0 Å². The second kappa shape index (κ2) is 8.75. The number of halogens is 2. The van der Waals surface area contributed by atoms with E-state index in [-0.39, 0.29) is 0 Å². The van der Waals surface area contributed by atoms with Crippen LogP contribution in [0.3, 0.4) is 0 Å². The van der Waals surface area contributed by atoms with Crippen LogP contribution in [0.25, 0.3) is 21.9 Å². The van der Waals surface area contributed by atoms with E-state index >= 15 is 0 Å². The Morgan fingerprint density at radius 3 is 2.04 bits per heavy atom. The van der Waals surface area contributed by atoms with Gasteiger partial charge in [0.05, 0.1) is 0 Å². The van der Waals surface area contributed by atoms with Crippen LogP contribution < -0.4 is 0 Å². The van der Waals surface area contributed by atoms with E-state index in [9.17, 15) is 0 Å². The summed E-state index contributed by atoms with van der Waals surface area (Å²) in [5.41, 5.74) is 8.19. The van der Waals surface area contributed by atoms with Gasteiger partial charge in [-0.1, -0.05) is 54.3 Å². The zero-order valence-electron chi connectivity index (χ0n) is 14.9. The van der Waals surface area contributed by atoms with Crippen molar-refractivity contribution in [3.05, 3.63) is 64.7 Å². The summed E-state index contributed by atoms with van der Waals surface area (Å²) in [4.78, 5) is 0. The molecule has 0 amide bonds. The van der Waals surface area contributed by atoms with Gasteiger partial charge in [-0.2, -0.15) is 6.07 Å². The van der Waals surface area contributed by atoms with Crippen molar-refractivity contribution in [3.8, 4) is 11.1 Å². The van der Waals surface area contributed by atoms with Gasteiger partial charge in [0.25, 0.3) is 0 Å². The summed E-state index contributed by atoms with van der Waals surface area (Å²) in [5.74, 6) is 0.574. The van der Waals surface area contributed by atoms with E-state index in [1.54, 1.807) is 0 Å². The zero-order valence-corrected chi connectivity index (χ0v) is 18.8. The molecule has 0 saturated heterocycles. The van der Waals surface area contributed by atoms with Crippen molar-refractivity contribution >= 4 is 27.8 Å². The number of hydrogen-bond donors (Lipinski definition) is 0. The number of rotatable bonds is 2. The average molecular weight is 438 g/mol. The van der Waals surface area contributed by atoms with Gasteiger partial charge in [-0.15, -0.1) is 34.5 Å². The van der Waals surface area contributed by atoms with Crippen molar-refractivity contribution < 1.29 is 20.8 Å². The molecule has 0 aromatic heterocycles. The van der Waals surface area contributed by atoms with Gasteiger partial charge in [0, 0.05) is 0 Å². The Labute approximate surface area is 164 Å². The van der Waals surface area contributed by atoms with Crippen LogP contribution in [0.2, 0.25) is 0 Å². The number of aryl methyl sites for hydroxylation is 3. The zero-order chi connectivity index (χ0) is 17.9. The maximum atomic E-state index is 4.93. The molecule has 0 aliphatic heterocycles. The SMILES string of the molecule is Cc1cc(C)cc(-c2c(C)ccc3[cH-]c(C(C)C)cc23)c1.[Cl][Zr][Cl]. The monoisotopic (exact) mass is 435 g/mol. The molecule has 0 nitrogen and oxygen atoms in total. The second-order valence-electron chi connectivity index (χ2n) is 6.65. The maximum absolute atomic E-state index is 4.93. The molecule has 0 aliphatic rings. The Kier molecular flexibility index (Phi) is 7.23. The molecule has 3 aromatic carbocycles. The standard InChI is InChI=1S/C21H23.2ClH.Zr/c1-13(2)18-11-17-7-6-16(5)21(20(17)12-18)19-9-14(3)8-15(4)10-19;;;/h6-13H,1-5H3;2*1H;/q-1;;;+2/p-2. The molecule has 0 saturated carbocycles. The first-order chi connectivity index (χ1) is 11.4. The van der Waals surface area contributed by atoms with E-state index in [2.05, 4.69) is 77.1 Å². The third-order valence-electron chi connectivity index (χ3n) is 4.30. The van der Waals surface area contributed by atoms with Crippen LogP contribution >= 0.6 is 17.0 Å². The molecule has 0 radical (unpaired) electrons. The minimum atomic E-state index is -0.826. The van der Waals surface area contributed by atoms with E-state index < -0.39 is 20.8 Å². The van der Waals surface area contributed by atoms with Crippen molar-refractivity contribution in [3.63, 3.8) is 0 Å². The number of fused-ring (bicyclic) bond motifs is 1.